The minimum Gasteiger partial charge on any atom is -0.389 e. The van der Waals surface area contributed by atoms with E-state index in [1.165, 1.54) is 12.8 Å². The molecule has 0 heterocycles. The third kappa shape index (κ3) is 4.77. The first-order valence-corrected chi connectivity index (χ1v) is 6.66. The van der Waals surface area contributed by atoms with Crippen molar-refractivity contribution in [2.45, 2.75) is 25.5 Å². The minimum absolute atomic E-state index is 0.147. The fourth-order valence-electron chi connectivity index (χ4n) is 1.81. The van der Waals surface area contributed by atoms with Crippen LogP contribution >= 0.6 is 0 Å². The summed E-state index contributed by atoms with van der Waals surface area (Å²) >= 11 is 0. The smallest absolute Gasteiger partial charge is 0.194 e. The zero-order valence-corrected chi connectivity index (χ0v) is 11.0. The summed E-state index contributed by atoms with van der Waals surface area (Å²) in [7, 11) is 0. The second-order valence-electron chi connectivity index (χ2n) is 5.14. The van der Waals surface area contributed by atoms with Gasteiger partial charge in [0, 0.05) is 19.7 Å². The van der Waals surface area contributed by atoms with Gasteiger partial charge in [0.05, 0.1) is 12.7 Å². The lowest BCUT2D eigenvalue weighted by Crippen LogP contribution is -2.30. The van der Waals surface area contributed by atoms with Crippen molar-refractivity contribution in [2.75, 3.05) is 19.8 Å². The van der Waals surface area contributed by atoms with E-state index in [0.29, 0.717) is 12.5 Å². The van der Waals surface area contributed by atoms with Crippen LogP contribution in [0.25, 0.3) is 0 Å². The van der Waals surface area contributed by atoms with Crippen molar-refractivity contribution >= 4 is 0 Å². The summed E-state index contributed by atoms with van der Waals surface area (Å²) in [5, 5.41) is 12.5. The molecule has 1 fully saturated rings. The Kier molecular flexibility index (Phi) is 5.39. The number of aliphatic hydroxyl groups is 1. The maximum atomic E-state index is 13.0. The standard InChI is InChI=1S/C14H18F3NO2/c15-12-3-10(4-13(16)14(12)17)5-18-6-11(19)8-20-7-9-1-2-9/h3-4,9,11,18-19H,1-2,5-8H2. The lowest BCUT2D eigenvalue weighted by molar-refractivity contribution is 0.0324. The summed E-state index contributed by atoms with van der Waals surface area (Å²) in [6, 6.07) is 1.86. The van der Waals surface area contributed by atoms with Crippen LogP contribution in [-0.2, 0) is 11.3 Å². The molecule has 0 bridgehead atoms. The Bertz CT molecular complexity index is 429. The lowest BCUT2D eigenvalue weighted by atomic mass is 10.2. The normalized spacial score (nSPS) is 16.4. The van der Waals surface area contributed by atoms with Gasteiger partial charge in [-0.15, -0.1) is 0 Å². The molecule has 0 spiro atoms. The SMILES string of the molecule is OC(CNCc1cc(F)c(F)c(F)c1)COCC1CC1. The highest BCUT2D eigenvalue weighted by molar-refractivity contribution is 5.19. The molecule has 1 aliphatic carbocycles. The Hall–Kier alpha value is -1.11. The third-order valence-corrected chi connectivity index (χ3v) is 3.11. The average Bonchev–Trinajstić information content (AvgIpc) is 3.20. The molecule has 20 heavy (non-hydrogen) atoms. The van der Waals surface area contributed by atoms with Gasteiger partial charge in [-0.2, -0.15) is 0 Å². The van der Waals surface area contributed by atoms with Gasteiger partial charge in [-0.25, -0.2) is 13.2 Å². The van der Waals surface area contributed by atoms with E-state index in [2.05, 4.69) is 5.32 Å². The maximum Gasteiger partial charge on any atom is 0.194 e. The highest BCUT2D eigenvalue weighted by atomic mass is 19.2. The van der Waals surface area contributed by atoms with Crippen molar-refractivity contribution in [3.63, 3.8) is 0 Å². The van der Waals surface area contributed by atoms with Crippen molar-refractivity contribution < 1.29 is 23.0 Å². The second kappa shape index (κ2) is 7.06. The molecule has 112 valence electrons. The number of halogens is 3. The largest absolute Gasteiger partial charge is 0.389 e. The highest BCUT2D eigenvalue weighted by Gasteiger charge is 2.21. The number of benzene rings is 1. The van der Waals surface area contributed by atoms with E-state index in [-0.39, 0.29) is 25.3 Å². The molecule has 2 N–H and O–H groups in total. The lowest BCUT2D eigenvalue weighted by Gasteiger charge is -2.12. The van der Waals surface area contributed by atoms with Crippen LogP contribution in [0, 0.1) is 23.4 Å². The molecular formula is C14H18F3NO2. The van der Waals surface area contributed by atoms with E-state index in [9.17, 15) is 18.3 Å². The van der Waals surface area contributed by atoms with Crippen LogP contribution in [0.4, 0.5) is 13.2 Å². The van der Waals surface area contributed by atoms with Crippen molar-refractivity contribution in [1.82, 2.24) is 5.32 Å². The molecule has 1 saturated carbocycles. The topological polar surface area (TPSA) is 41.5 Å². The Morgan fingerprint density at radius 2 is 1.90 bits per heavy atom. The van der Waals surface area contributed by atoms with Crippen LogP contribution in [0.5, 0.6) is 0 Å². The van der Waals surface area contributed by atoms with Crippen LogP contribution < -0.4 is 5.32 Å². The van der Waals surface area contributed by atoms with Gasteiger partial charge >= 0.3 is 0 Å². The van der Waals surface area contributed by atoms with E-state index >= 15 is 0 Å². The molecule has 0 amide bonds. The van der Waals surface area contributed by atoms with Gasteiger partial charge in [0.1, 0.15) is 0 Å². The average molecular weight is 289 g/mol. The first-order chi connectivity index (χ1) is 9.56. The van der Waals surface area contributed by atoms with Crippen LogP contribution in [0.2, 0.25) is 0 Å². The van der Waals surface area contributed by atoms with E-state index in [4.69, 9.17) is 4.74 Å². The molecule has 0 aromatic heterocycles. The minimum atomic E-state index is -1.47. The first kappa shape index (κ1) is 15.3. The summed E-state index contributed by atoms with van der Waals surface area (Å²) in [5.74, 6) is -3.26. The number of aliphatic hydroxyl groups excluding tert-OH is 1. The fraction of sp³-hybridized carbons (Fsp3) is 0.571. The molecule has 1 aromatic carbocycles. The van der Waals surface area contributed by atoms with Crippen molar-refractivity contribution in [3.05, 3.63) is 35.1 Å². The number of hydrogen-bond donors (Lipinski definition) is 2. The van der Waals surface area contributed by atoms with Gasteiger partial charge in [0.2, 0.25) is 0 Å². The summed E-state index contributed by atoms with van der Waals surface area (Å²) in [6.07, 6.45) is 1.70. The molecule has 1 aliphatic rings. The van der Waals surface area contributed by atoms with Gasteiger partial charge in [0.15, 0.2) is 17.5 Å². The summed E-state index contributed by atoms with van der Waals surface area (Å²) < 4.78 is 44.0. The predicted octanol–water partition coefficient (Wildman–Crippen LogP) is 1.98. The summed E-state index contributed by atoms with van der Waals surface area (Å²) in [4.78, 5) is 0. The van der Waals surface area contributed by atoms with Crippen LogP contribution in [0.15, 0.2) is 12.1 Å². The molecule has 2 rings (SSSR count). The van der Waals surface area contributed by atoms with Gasteiger partial charge in [0.25, 0.3) is 0 Å². The Balaban J connectivity index is 1.66. The van der Waals surface area contributed by atoms with Gasteiger partial charge in [-0.3, -0.25) is 0 Å². The monoisotopic (exact) mass is 289 g/mol. The first-order valence-electron chi connectivity index (χ1n) is 6.66. The Morgan fingerprint density at radius 1 is 1.25 bits per heavy atom. The van der Waals surface area contributed by atoms with Crippen LogP contribution in [-0.4, -0.2) is 31.0 Å². The summed E-state index contributed by atoms with van der Waals surface area (Å²) in [5.41, 5.74) is 0.285. The number of rotatable bonds is 8. The Labute approximate surface area is 115 Å². The molecule has 0 aliphatic heterocycles. The van der Waals surface area contributed by atoms with Gasteiger partial charge in [-0.05, 0) is 36.5 Å². The van der Waals surface area contributed by atoms with Crippen LogP contribution in [0.1, 0.15) is 18.4 Å². The van der Waals surface area contributed by atoms with E-state index in [0.717, 1.165) is 12.1 Å². The van der Waals surface area contributed by atoms with E-state index in [1.54, 1.807) is 0 Å². The second-order valence-corrected chi connectivity index (χ2v) is 5.14. The van der Waals surface area contributed by atoms with Gasteiger partial charge in [-0.1, -0.05) is 0 Å². The molecule has 1 unspecified atom stereocenters. The van der Waals surface area contributed by atoms with E-state index < -0.39 is 23.6 Å². The zero-order chi connectivity index (χ0) is 14.5. The molecule has 3 nitrogen and oxygen atoms in total. The zero-order valence-electron chi connectivity index (χ0n) is 11.0. The maximum absolute atomic E-state index is 13.0. The van der Waals surface area contributed by atoms with Crippen molar-refractivity contribution in [3.8, 4) is 0 Å². The number of ether oxygens (including phenoxy) is 1. The predicted molar refractivity (Wildman–Crippen MR) is 67.6 cm³/mol. The quantitative estimate of drug-likeness (QED) is 0.719. The molecule has 1 aromatic rings. The number of hydrogen-bond acceptors (Lipinski definition) is 3. The molecule has 0 saturated heterocycles. The number of nitrogens with one attached hydrogen (secondary N) is 1. The van der Waals surface area contributed by atoms with E-state index in [1.807, 2.05) is 0 Å². The molecule has 6 heteroatoms. The molecular weight excluding hydrogens is 271 g/mol. The third-order valence-electron chi connectivity index (χ3n) is 3.11. The van der Waals surface area contributed by atoms with Crippen molar-refractivity contribution in [1.29, 1.82) is 0 Å². The molecule has 0 radical (unpaired) electrons. The van der Waals surface area contributed by atoms with Crippen molar-refractivity contribution in [2.24, 2.45) is 5.92 Å². The fourth-order valence-corrected chi connectivity index (χ4v) is 1.81. The molecule has 1 atom stereocenters. The Morgan fingerprint density at radius 3 is 2.50 bits per heavy atom. The summed E-state index contributed by atoms with van der Waals surface area (Å²) in [6.45, 7) is 1.29. The van der Waals surface area contributed by atoms with Crippen LogP contribution in [0.3, 0.4) is 0 Å². The van der Waals surface area contributed by atoms with Gasteiger partial charge < -0.3 is 15.2 Å². The highest BCUT2D eigenvalue weighted by Crippen LogP contribution is 2.28.